The monoisotopic (exact) mass is 255 g/mol. The minimum atomic E-state index is -0.336. The van der Waals surface area contributed by atoms with Crippen LogP contribution in [0.4, 0.5) is 4.79 Å². The van der Waals surface area contributed by atoms with Gasteiger partial charge in [-0.05, 0) is 22.4 Å². The number of nitrogens with one attached hydrogen (secondary N) is 1. The summed E-state index contributed by atoms with van der Waals surface area (Å²) in [7, 11) is 0. The summed E-state index contributed by atoms with van der Waals surface area (Å²) < 4.78 is 5.08. The van der Waals surface area contributed by atoms with Crippen molar-refractivity contribution < 1.29 is 9.53 Å². The van der Waals surface area contributed by atoms with Gasteiger partial charge < -0.3 is 10.1 Å². The van der Waals surface area contributed by atoms with E-state index < -0.39 is 0 Å². The fraction of sp³-hybridized carbons (Fsp3) is 0.312. The molecule has 3 rings (SSSR count). The first kappa shape index (κ1) is 12.0. The molecule has 0 unspecified atom stereocenters. The van der Waals surface area contributed by atoms with Crippen molar-refractivity contribution in [1.29, 1.82) is 0 Å². The Kier molecular flexibility index (Phi) is 2.70. The summed E-state index contributed by atoms with van der Waals surface area (Å²) in [5.74, 6) is 0. The van der Waals surface area contributed by atoms with Crippen LogP contribution >= 0.6 is 0 Å². The lowest BCUT2D eigenvalue weighted by molar-refractivity contribution is 0.0388. The first-order chi connectivity index (χ1) is 9.06. The Bertz CT molecular complexity index is 633. The number of alkyl carbamates (subject to hydrolysis) is 1. The Morgan fingerprint density at radius 1 is 1.16 bits per heavy atom. The number of cyclic esters (lactones) is 1. The molecule has 0 radical (unpaired) electrons. The van der Waals surface area contributed by atoms with Gasteiger partial charge in [0.2, 0.25) is 0 Å². The molecule has 1 heterocycles. The van der Waals surface area contributed by atoms with Gasteiger partial charge >= 0.3 is 6.09 Å². The molecule has 1 aliphatic heterocycles. The lowest BCUT2D eigenvalue weighted by Crippen LogP contribution is -2.46. The van der Waals surface area contributed by atoms with Crippen LogP contribution in [0.1, 0.15) is 25.5 Å². The molecule has 1 aliphatic rings. The number of benzene rings is 2. The average molecular weight is 255 g/mol. The van der Waals surface area contributed by atoms with Crippen LogP contribution < -0.4 is 5.32 Å². The largest absolute Gasteiger partial charge is 0.449 e. The normalized spacial score (nSPS) is 21.8. The van der Waals surface area contributed by atoms with Crippen molar-refractivity contribution in [2.45, 2.75) is 19.9 Å². The first-order valence-corrected chi connectivity index (χ1v) is 6.48. The highest BCUT2D eigenvalue weighted by Gasteiger charge is 2.37. The Balaban J connectivity index is 2.04. The van der Waals surface area contributed by atoms with E-state index in [9.17, 15) is 4.79 Å². The molecule has 3 nitrogen and oxygen atoms in total. The Labute approximate surface area is 112 Å². The number of carbonyl (C=O) groups is 1. The van der Waals surface area contributed by atoms with Crippen LogP contribution in [-0.4, -0.2) is 12.7 Å². The van der Waals surface area contributed by atoms with Gasteiger partial charge in [-0.3, -0.25) is 0 Å². The summed E-state index contributed by atoms with van der Waals surface area (Å²) in [6, 6.07) is 14.6. The molecule has 19 heavy (non-hydrogen) atoms. The number of hydrogen-bond acceptors (Lipinski definition) is 2. The zero-order chi connectivity index (χ0) is 13.5. The molecule has 2 aromatic carbocycles. The third kappa shape index (κ3) is 2.16. The van der Waals surface area contributed by atoms with Crippen LogP contribution in [0.3, 0.4) is 0 Å². The quantitative estimate of drug-likeness (QED) is 0.844. The first-order valence-electron chi connectivity index (χ1n) is 6.48. The molecular weight excluding hydrogens is 238 g/mol. The van der Waals surface area contributed by atoms with Crippen molar-refractivity contribution in [3.8, 4) is 0 Å². The van der Waals surface area contributed by atoms with Crippen molar-refractivity contribution in [3.05, 3.63) is 48.0 Å². The van der Waals surface area contributed by atoms with Gasteiger partial charge in [0.05, 0.1) is 6.04 Å². The fourth-order valence-corrected chi connectivity index (χ4v) is 2.61. The maximum absolute atomic E-state index is 11.5. The van der Waals surface area contributed by atoms with Crippen molar-refractivity contribution in [2.24, 2.45) is 5.41 Å². The van der Waals surface area contributed by atoms with E-state index in [-0.39, 0.29) is 17.6 Å². The van der Waals surface area contributed by atoms with Gasteiger partial charge in [-0.2, -0.15) is 0 Å². The van der Waals surface area contributed by atoms with Crippen molar-refractivity contribution >= 4 is 16.9 Å². The number of fused-ring (bicyclic) bond motifs is 1. The summed E-state index contributed by atoms with van der Waals surface area (Å²) in [6.07, 6.45) is -0.336. The molecule has 1 amide bonds. The molecule has 1 fully saturated rings. The Morgan fingerprint density at radius 2 is 1.89 bits per heavy atom. The van der Waals surface area contributed by atoms with Crippen LogP contribution in [0.15, 0.2) is 42.5 Å². The Hall–Kier alpha value is -2.03. The molecular formula is C16H17NO2. The van der Waals surface area contributed by atoms with Crippen LogP contribution in [0.2, 0.25) is 0 Å². The van der Waals surface area contributed by atoms with Crippen LogP contribution in [0.25, 0.3) is 10.8 Å². The summed E-state index contributed by atoms with van der Waals surface area (Å²) in [4.78, 5) is 11.5. The number of ether oxygens (including phenoxy) is 1. The summed E-state index contributed by atoms with van der Waals surface area (Å²) in [5.41, 5.74) is 1.01. The molecule has 1 saturated heterocycles. The standard InChI is InChI=1S/C16H17NO2/c1-16(2)10-19-15(18)17-14(16)13-8-7-11-5-3-4-6-12(11)9-13/h3-9,14H,10H2,1-2H3,(H,17,18)/t14-/m0/s1. The molecule has 98 valence electrons. The average Bonchev–Trinajstić information content (AvgIpc) is 2.41. The second kappa shape index (κ2) is 4.26. The van der Waals surface area contributed by atoms with E-state index in [0.29, 0.717) is 6.61 Å². The summed E-state index contributed by atoms with van der Waals surface area (Å²) in [6.45, 7) is 4.65. The van der Waals surface area contributed by atoms with Crippen LogP contribution in [-0.2, 0) is 4.74 Å². The smallest absolute Gasteiger partial charge is 0.407 e. The van der Waals surface area contributed by atoms with Crippen molar-refractivity contribution in [2.75, 3.05) is 6.61 Å². The number of amides is 1. The molecule has 0 bridgehead atoms. The number of hydrogen-bond donors (Lipinski definition) is 1. The van der Waals surface area contributed by atoms with Gasteiger partial charge in [0.25, 0.3) is 0 Å². The third-order valence-electron chi connectivity index (χ3n) is 3.73. The zero-order valence-electron chi connectivity index (χ0n) is 11.1. The topological polar surface area (TPSA) is 38.3 Å². The molecule has 0 saturated carbocycles. The lowest BCUT2D eigenvalue weighted by atomic mass is 9.80. The molecule has 0 aliphatic carbocycles. The van der Waals surface area contributed by atoms with Gasteiger partial charge in [0.15, 0.2) is 0 Å². The van der Waals surface area contributed by atoms with E-state index in [4.69, 9.17) is 4.74 Å². The predicted octanol–water partition coefficient (Wildman–Crippen LogP) is 3.65. The summed E-state index contributed by atoms with van der Waals surface area (Å²) in [5, 5.41) is 5.33. The highest BCUT2D eigenvalue weighted by molar-refractivity contribution is 5.83. The van der Waals surface area contributed by atoms with Gasteiger partial charge in [0.1, 0.15) is 6.61 Å². The maximum atomic E-state index is 11.5. The van der Waals surface area contributed by atoms with Crippen molar-refractivity contribution in [1.82, 2.24) is 5.32 Å². The van der Waals surface area contributed by atoms with Crippen LogP contribution in [0, 0.1) is 5.41 Å². The van der Waals surface area contributed by atoms with Gasteiger partial charge in [-0.1, -0.05) is 50.2 Å². The van der Waals surface area contributed by atoms with E-state index in [1.54, 1.807) is 0 Å². The van der Waals surface area contributed by atoms with E-state index in [2.05, 4.69) is 49.5 Å². The molecule has 1 atom stereocenters. The lowest BCUT2D eigenvalue weighted by Gasteiger charge is -2.38. The molecule has 2 aromatic rings. The van der Waals surface area contributed by atoms with Crippen LogP contribution in [0.5, 0.6) is 0 Å². The highest BCUT2D eigenvalue weighted by atomic mass is 16.6. The zero-order valence-corrected chi connectivity index (χ0v) is 11.1. The number of rotatable bonds is 1. The minimum absolute atomic E-state index is 0.0154. The predicted molar refractivity (Wildman–Crippen MR) is 75.0 cm³/mol. The fourth-order valence-electron chi connectivity index (χ4n) is 2.61. The van der Waals surface area contributed by atoms with Crippen molar-refractivity contribution in [3.63, 3.8) is 0 Å². The summed E-state index contributed by atoms with van der Waals surface area (Å²) >= 11 is 0. The molecule has 1 N–H and O–H groups in total. The second-order valence-corrected chi connectivity index (χ2v) is 5.75. The van der Waals surface area contributed by atoms with Gasteiger partial charge in [-0.15, -0.1) is 0 Å². The van der Waals surface area contributed by atoms with E-state index >= 15 is 0 Å². The molecule has 3 heteroatoms. The third-order valence-corrected chi connectivity index (χ3v) is 3.73. The minimum Gasteiger partial charge on any atom is -0.449 e. The highest BCUT2D eigenvalue weighted by Crippen LogP contribution is 2.37. The molecule has 0 spiro atoms. The maximum Gasteiger partial charge on any atom is 0.407 e. The molecule has 0 aromatic heterocycles. The van der Waals surface area contributed by atoms with Gasteiger partial charge in [-0.25, -0.2) is 4.79 Å². The van der Waals surface area contributed by atoms with Gasteiger partial charge in [0, 0.05) is 5.41 Å². The van der Waals surface area contributed by atoms with E-state index in [1.165, 1.54) is 10.8 Å². The SMILES string of the molecule is CC1(C)COC(=O)N[C@H]1c1ccc2ccccc2c1. The second-order valence-electron chi connectivity index (χ2n) is 5.75. The van der Waals surface area contributed by atoms with E-state index in [0.717, 1.165) is 5.56 Å². The number of carbonyl (C=O) groups excluding carboxylic acids is 1. The Morgan fingerprint density at radius 3 is 2.68 bits per heavy atom. The van der Waals surface area contributed by atoms with E-state index in [1.807, 2.05) is 12.1 Å².